The Balaban J connectivity index is 1.36. The third-order valence-electron chi connectivity index (χ3n) is 11.6. The number of aromatic nitrogens is 1. The van der Waals surface area contributed by atoms with Crippen LogP contribution in [0.3, 0.4) is 0 Å². The lowest BCUT2D eigenvalue weighted by Gasteiger charge is -2.35. The molecule has 2 aliphatic heterocycles. The number of benzene rings is 1. The number of carbonyl (C=O) groups excluding carboxylic acids is 4. The van der Waals surface area contributed by atoms with E-state index in [1.165, 1.54) is 4.90 Å². The molecule has 0 spiro atoms. The first-order valence-electron chi connectivity index (χ1n) is 19.9. The molecule has 1 aromatic carbocycles. The predicted molar refractivity (Wildman–Crippen MR) is 206 cm³/mol. The summed E-state index contributed by atoms with van der Waals surface area (Å²) in [5.74, 6) is -2.70. The van der Waals surface area contributed by atoms with E-state index in [4.69, 9.17) is 14.2 Å². The number of hydrogen-bond donors (Lipinski definition) is 3. The molecule has 0 unspecified atom stereocenters. The molecule has 1 saturated heterocycles. The average molecular weight is 836 g/mol. The summed E-state index contributed by atoms with van der Waals surface area (Å²) in [6, 6.07) is 4.40. The zero-order valence-electron chi connectivity index (χ0n) is 33.3. The number of allylic oxidation sites excluding steroid dienone is 1. The van der Waals surface area contributed by atoms with Crippen LogP contribution in [0.4, 0.5) is 18.0 Å². The highest BCUT2D eigenvalue weighted by atomic mass is 32.2. The van der Waals surface area contributed by atoms with Crippen molar-refractivity contribution in [2.75, 3.05) is 13.2 Å². The van der Waals surface area contributed by atoms with Crippen molar-refractivity contribution in [3.63, 3.8) is 0 Å². The Morgan fingerprint density at radius 2 is 1.83 bits per heavy atom. The van der Waals surface area contributed by atoms with E-state index in [0.717, 1.165) is 5.39 Å². The minimum Gasteiger partial charge on any atom is -0.494 e. The molecular weight excluding hydrogens is 784 g/mol. The molecule has 3 fully saturated rings. The number of nitrogens with zero attached hydrogens (tertiary/aromatic N) is 2. The highest BCUT2D eigenvalue weighted by molar-refractivity contribution is 7.91. The molecule has 6 rings (SSSR count). The van der Waals surface area contributed by atoms with Crippen molar-refractivity contribution < 1.29 is 55.0 Å². The van der Waals surface area contributed by atoms with Crippen LogP contribution >= 0.6 is 0 Å². The molecule has 4 amide bonds. The van der Waals surface area contributed by atoms with Crippen LogP contribution in [0.5, 0.6) is 11.6 Å². The van der Waals surface area contributed by atoms with E-state index >= 15 is 0 Å². The second kappa shape index (κ2) is 16.6. The number of alkyl carbamates (subject to hydrolysis) is 1. The Morgan fingerprint density at radius 3 is 2.50 bits per heavy atom. The van der Waals surface area contributed by atoms with Crippen LogP contribution in [0.1, 0.15) is 86.0 Å². The summed E-state index contributed by atoms with van der Waals surface area (Å²) >= 11 is 0. The van der Waals surface area contributed by atoms with Gasteiger partial charge in [-0.25, -0.2) is 18.2 Å². The number of pyridine rings is 1. The van der Waals surface area contributed by atoms with E-state index in [1.807, 2.05) is 26.0 Å². The zero-order valence-corrected chi connectivity index (χ0v) is 34.1. The smallest absolute Gasteiger partial charge is 0.427 e. The number of sulfonamides is 1. The summed E-state index contributed by atoms with van der Waals surface area (Å²) in [5.41, 5.74) is -4.51. The minimum atomic E-state index is -4.91. The minimum absolute atomic E-state index is 0.0266. The van der Waals surface area contributed by atoms with Gasteiger partial charge in [-0.05, 0) is 101 Å². The molecule has 2 aliphatic carbocycles. The molecule has 0 radical (unpaired) electrons. The van der Waals surface area contributed by atoms with E-state index < -0.39 is 86.4 Å². The SMILES string of the molecule is CCOc1ccc2c(O[C@@H]3C[C@H]4C(=O)N[C@]5(C(=O)NS(=O)(=O)C6CC6)C[C@H]5/C=C\CC[C@@H](C)C[C@@H](CC)[C@H](NC(=O)OC(C)(C)C(F)(F)F)C(=O)N4C3)nccc2c1. The highest BCUT2D eigenvalue weighted by Gasteiger charge is 2.62. The van der Waals surface area contributed by atoms with Crippen molar-refractivity contribution in [3.05, 3.63) is 42.6 Å². The van der Waals surface area contributed by atoms with Gasteiger partial charge in [0.2, 0.25) is 33.3 Å². The Kier molecular flexibility index (Phi) is 12.3. The monoisotopic (exact) mass is 835 g/mol. The Hall–Kier alpha value is -4.61. The van der Waals surface area contributed by atoms with Crippen molar-refractivity contribution in [1.29, 1.82) is 0 Å². The van der Waals surface area contributed by atoms with E-state index in [0.29, 0.717) is 70.1 Å². The second-order valence-corrected chi connectivity index (χ2v) is 18.4. The summed E-state index contributed by atoms with van der Waals surface area (Å²) in [6.45, 7) is 7.28. The standard InChI is InChI=1S/C40H52F3N5O9S/c1-6-24-18-23(3)10-8-9-11-26-21-39(26,36(51)47-58(53,54)29-13-14-29)46-33(49)31-20-28(56-34-30-15-12-27(55-7-2)19-25(30)16-17-44-34)22-48(31)35(50)32(24)45-37(52)57-38(4,5)40(41,42)43/h9,11-12,15-17,19,23-24,26,28-29,31-32H,6-8,10,13-14,18,20-22H2,1-5H3,(H,45,52)(H,46,49)(H,47,51)/b11-9-/t23-,24-,26-,28-,31+,32+,39-/m1/s1. The lowest BCUT2D eigenvalue weighted by atomic mass is 9.85. The first-order valence-corrected chi connectivity index (χ1v) is 21.4. The molecule has 1 aromatic heterocycles. The van der Waals surface area contributed by atoms with Gasteiger partial charge in [0.1, 0.15) is 29.5 Å². The molecule has 318 valence electrons. The summed E-state index contributed by atoms with van der Waals surface area (Å²) < 4.78 is 86.2. The summed E-state index contributed by atoms with van der Waals surface area (Å²) in [7, 11) is -3.98. The van der Waals surface area contributed by atoms with Gasteiger partial charge in [-0.15, -0.1) is 0 Å². The number of rotatable bonds is 10. The Bertz CT molecular complexity index is 2040. The first kappa shape index (κ1) is 43.0. The maximum Gasteiger partial charge on any atom is 0.427 e. The van der Waals surface area contributed by atoms with Gasteiger partial charge in [-0.2, -0.15) is 13.2 Å². The van der Waals surface area contributed by atoms with Crippen LogP contribution in [0.25, 0.3) is 10.8 Å². The molecule has 58 heavy (non-hydrogen) atoms. The van der Waals surface area contributed by atoms with Gasteiger partial charge in [0, 0.05) is 23.9 Å². The molecule has 0 bridgehead atoms. The molecule has 2 aromatic rings. The van der Waals surface area contributed by atoms with Crippen LogP contribution in [0.2, 0.25) is 0 Å². The van der Waals surface area contributed by atoms with Crippen molar-refractivity contribution >= 4 is 44.6 Å². The third-order valence-corrected chi connectivity index (χ3v) is 13.4. The largest absolute Gasteiger partial charge is 0.494 e. The molecular formula is C40H52F3N5O9S. The molecule has 14 nitrogen and oxygen atoms in total. The fraction of sp³-hybridized carbons (Fsp3) is 0.625. The maximum atomic E-state index is 14.9. The number of nitrogens with one attached hydrogen (secondary N) is 3. The number of amides is 4. The van der Waals surface area contributed by atoms with Gasteiger partial charge >= 0.3 is 12.3 Å². The van der Waals surface area contributed by atoms with Crippen molar-refractivity contribution in [3.8, 4) is 11.6 Å². The fourth-order valence-electron chi connectivity index (χ4n) is 7.80. The summed E-state index contributed by atoms with van der Waals surface area (Å²) in [5, 5.41) is 5.91. The van der Waals surface area contributed by atoms with Crippen molar-refractivity contribution in [1.82, 2.24) is 25.2 Å². The lowest BCUT2D eigenvalue weighted by molar-refractivity contribution is -0.244. The van der Waals surface area contributed by atoms with Gasteiger partial charge in [0.05, 0.1) is 18.4 Å². The van der Waals surface area contributed by atoms with Crippen LogP contribution in [-0.4, -0.2) is 96.0 Å². The molecule has 18 heteroatoms. The van der Waals surface area contributed by atoms with Crippen molar-refractivity contribution in [2.45, 2.75) is 127 Å². The van der Waals surface area contributed by atoms with E-state index in [1.54, 1.807) is 37.4 Å². The van der Waals surface area contributed by atoms with Gasteiger partial charge in [0.15, 0.2) is 0 Å². The van der Waals surface area contributed by atoms with Crippen LogP contribution < -0.4 is 24.8 Å². The topological polar surface area (TPSA) is 182 Å². The van der Waals surface area contributed by atoms with E-state index in [-0.39, 0.29) is 31.2 Å². The number of alkyl halides is 3. The second-order valence-electron chi connectivity index (χ2n) is 16.4. The summed E-state index contributed by atoms with van der Waals surface area (Å²) in [6.07, 6.45) is 0.745. The predicted octanol–water partition coefficient (Wildman–Crippen LogP) is 5.30. The first-order chi connectivity index (χ1) is 27.3. The maximum absolute atomic E-state index is 14.9. The Labute approximate surface area is 336 Å². The lowest BCUT2D eigenvalue weighted by Crippen LogP contribution is -2.59. The van der Waals surface area contributed by atoms with E-state index in [9.17, 15) is 40.8 Å². The highest BCUT2D eigenvalue weighted by Crippen LogP contribution is 2.46. The zero-order chi connectivity index (χ0) is 42.2. The quantitative estimate of drug-likeness (QED) is 0.266. The van der Waals surface area contributed by atoms with Crippen LogP contribution in [-0.2, 0) is 29.1 Å². The molecule has 7 atom stereocenters. The average Bonchev–Trinajstić information content (AvgIpc) is 4.07. The molecule has 3 heterocycles. The fourth-order valence-corrected chi connectivity index (χ4v) is 9.16. The van der Waals surface area contributed by atoms with E-state index in [2.05, 4.69) is 20.3 Å². The third kappa shape index (κ3) is 9.31. The van der Waals surface area contributed by atoms with Gasteiger partial charge < -0.3 is 29.7 Å². The normalized spacial score (nSPS) is 28.9. The Morgan fingerprint density at radius 1 is 1.09 bits per heavy atom. The molecule has 2 saturated carbocycles. The number of fused-ring (bicyclic) bond motifs is 3. The summed E-state index contributed by atoms with van der Waals surface area (Å²) in [4.78, 5) is 62.0. The van der Waals surface area contributed by atoms with Gasteiger partial charge in [0.25, 0.3) is 5.91 Å². The number of ether oxygens (including phenoxy) is 3. The number of halogens is 3. The van der Waals surface area contributed by atoms with Crippen molar-refractivity contribution in [2.24, 2.45) is 17.8 Å². The number of hydrogen-bond acceptors (Lipinski definition) is 10. The van der Waals surface area contributed by atoms with Crippen LogP contribution in [0.15, 0.2) is 42.6 Å². The molecule has 4 aliphatic rings. The van der Waals surface area contributed by atoms with Gasteiger partial charge in [-0.1, -0.05) is 32.4 Å². The van der Waals surface area contributed by atoms with Gasteiger partial charge in [-0.3, -0.25) is 19.1 Å². The van der Waals surface area contributed by atoms with Crippen LogP contribution in [0, 0.1) is 17.8 Å². The number of carbonyl (C=O) groups is 4. The molecule has 3 N–H and O–H groups in total.